The summed E-state index contributed by atoms with van der Waals surface area (Å²) in [6.07, 6.45) is 2.29. The molecule has 6 heteroatoms. The van der Waals surface area contributed by atoms with E-state index in [2.05, 4.69) is 70.9 Å². The first-order valence-electron chi connectivity index (χ1n) is 14.4. The number of thioether (sulfide) groups is 1. The van der Waals surface area contributed by atoms with Crippen LogP contribution in [0, 0.1) is 6.92 Å². The lowest BCUT2D eigenvalue weighted by Crippen LogP contribution is -2.41. The maximum atomic E-state index is 13.5. The molecule has 0 heterocycles. The molecule has 0 bridgehead atoms. The summed E-state index contributed by atoms with van der Waals surface area (Å²) in [4.78, 5) is 27.8. The van der Waals surface area contributed by atoms with Crippen molar-refractivity contribution in [2.75, 3.05) is 16.9 Å². The minimum atomic E-state index is -1.02. The van der Waals surface area contributed by atoms with Crippen LogP contribution in [0.15, 0.2) is 115 Å². The first-order valence-corrected chi connectivity index (χ1v) is 15.8. The van der Waals surface area contributed by atoms with Crippen LogP contribution in [0.2, 0.25) is 0 Å². The summed E-state index contributed by atoms with van der Waals surface area (Å²) in [6.45, 7) is 3.37. The van der Waals surface area contributed by atoms with Gasteiger partial charge in [0.05, 0.1) is 0 Å². The van der Waals surface area contributed by atoms with Crippen molar-refractivity contribution < 1.29 is 14.7 Å². The van der Waals surface area contributed by atoms with E-state index in [0.29, 0.717) is 30.8 Å². The number of hydrogen-bond donors (Lipinski definition) is 2. The van der Waals surface area contributed by atoms with E-state index < -0.39 is 12.0 Å². The van der Waals surface area contributed by atoms with Crippen molar-refractivity contribution >= 4 is 40.1 Å². The highest BCUT2D eigenvalue weighted by atomic mass is 32.2. The second-order valence-corrected chi connectivity index (χ2v) is 11.7. The molecule has 5 aromatic rings. The van der Waals surface area contributed by atoms with Crippen LogP contribution in [-0.4, -0.2) is 35.0 Å². The Hall–Kier alpha value is -4.55. The summed E-state index contributed by atoms with van der Waals surface area (Å²) < 4.78 is 0. The zero-order valence-corrected chi connectivity index (χ0v) is 25.3. The van der Waals surface area contributed by atoms with Crippen molar-refractivity contribution in [3.63, 3.8) is 0 Å². The molecule has 1 amide bonds. The molecule has 0 radical (unpaired) electrons. The number of carboxylic acids is 1. The second-order valence-electron chi connectivity index (χ2n) is 10.7. The monoisotopic (exact) mass is 588 g/mol. The Balaban J connectivity index is 1.50. The van der Waals surface area contributed by atoms with E-state index >= 15 is 0 Å². The van der Waals surface area contributed by atoms with Gasteiger partial charge in [-0.05, 0) is 94.3 Å². The Kier molecular flexibility index (Phi) is 9.80. The first kappa shape index (κ1) is 29.9. The second kappa shape index (κ2) is 14.1. The van der Waals surface area contributed by atoms with Gasteiger partial charge in [0.2, 0.25) is 0 Å². The quantitative estimate of drug-likeness (QED) is 0.155. The Morgan fingerprint density at radius 1 is 0.767 bits per heavy atom. The molecule has 0 aliphatic carbocycles. The van der Waals surface area contributed by atoms with Gasteiger partial charge in [0.25, 0.3) is 5.91 Å². The number of carboxylic acid groups (broad SMARTS) is 1. The molecule has 5 nitrogen and oxygen atoms in total. The van der Waals surface area contributed by atoms with Gasteiger partial charge >= 0.3 is 5.97 Å². The molecule has 5 rings (SSSR count). The number of carbonyl (C=O) groups excluding carboxylic acids is 1. The van der Waals surface area contributed by atoms with Crippen molar-refractivity contribution in [2.24, 2.45) is 0 Å². The molecule has 1 atom stereocenters. The number of amides is 1. The molecule has 0 aliphatic rings. The fraction of sp³-hybridized carbons (Fsp3) is 0.189. The average molecular weight is 589 g/mol. The van der Waals surface area contributed by atoms with Crippen molar-refractivity contribution in [1.82, 2.24) is 5.32 Å². The normalized spacial score (nSPS) is 11.7. The van der Waals surface area contributed by atoms with Crippen LogP contribution >= 0.6 is 11.8 Å². The first-order chi connectivity index (χ1) is 20.9. The largest absolute Gasteiger partial charge is 0.480 e. The van der Waals surface area contributed by atoms with Gasteiger partial charge in [-0.2, -0.15) is 11.8 Å². The van der Waals surface area contributed by atoms with E-state index in [9.17, 15) is 14.7 Å². The standard InChI is InChI=1S/C37H36N2O3S/c1-26-10-6-9-15-32(26)34-23-28(17-19-33(34)36(40)38-35(37(41)42)20-21-43-2)25-39(31-13-4-3-5-14-31)24-27-16-18-29-11-7-8-12-30(29)22-27/h3-19,22-23,35H,20-21,24-25H2,1-2H3,(H,38,40)(H,41,42)/t35-/m0/s1. The number of nitrogens with zero attached hydrogens (tertiary/aromatic N) is 1. The molecule has 43 heavy (non-hydrogen) atoms. The van der Waals surface area contributed by atoms with E-state index in [1.165, 1.54) is 16.3 Å². The molecular weight excluding hydrogens is 552 g/mol. The van der Waals surface area contributed by atoms with Gasteiger partial charge in [-0.3, -0.25) is 4.79 Å². The lowest BCUT2D eigenvalue weighted by molar-refractivity contribution is -0.139. The van der Waals surface area contributed by atoms with Gasteiger partial charge < -0.3 is 15.3 Å². The van der Waals surface area contributed by atoms with Crippen molar-refractivity contribution in [2.45, 2.75) is 32.5 Å². The van der Waals surface area contributed by atoms with Crippen LogP contribution in [0.3, 0.4) is 0 Å². The van der Waals surface area contributed by atoms with E-state index in [0.717, 1.165) is 27.9 Å². The third-order valence-electron chi connectivity index (χ3n) is 7.66. The molecular formula is C37H36N2O3S. The lowest BCUT2D eigenvalue weighted by atomic mass is 9.93. The van der Waals surface area contributed by atoms with Crippen LogP contribution in [0.1, 0.15) is 33.5 Å². The minimum absolute atomic E-state index is 0.362. The molecule has 218 valence electrons. The van der Waals surface area contributed by atoms with Gasteiger partial charge in [0.1, 0.15) is 6.04 Å². The molecule has 0 spiro atoms. The van der Waals surface area contributed by atoms with Crippen molar-refractivity contribution in [3.05, 3.63) is 138 Å². The molecule has 0 fully saturated rings. The number of aryl methyl sites for hydroxylation is 1. The summed E-state index contributed by atoms with van der Waals surface area (Å²) in [5, 5.41) is 14.9. The number of anilines is 1. The SMILES string of the molecule is CSCC[C@H](NC(=O)c1ccc(CN(Cc2ccc3ccccc3c2)c2ccccc2)cc1-c1ccccc1C)C(=O)O. The molecule has 0 saturated carbocycles. The van der Waals surface area contributed by atoms with Crippen molar-refractivity contribution in [1.29, 1.82) is 0 Å². The number of hydrogen-bond acceptors (Lipinski definition) is 4. The van der Waals surface area contributed by atoms with E-state index in [1.54, 1.807) is 11.8 Å². The molecule has 5 aromatic carbocycles. The molecule has 0 saturated heterocycles. The highest BCUT2D eigenvalue weighted by Crippen LogP contribution is 2.30. The smallest absolute Gasteiger partial charge is 0.326 e. The van der Waals surface area contributed by atoms with Crippen LogP contribution in [0.25, 0.3) is 21.9 Å². The molecule has 0 unspecified atom stereocenters. The summed E-state index contributed by atoms with van der Waals surface area (Å²) in [5.41, 5.74) is 6.62. The Morgan fingerprint density at radius 2 is 1.42 bits per heavy atom. The summed E-state index contributed by atoms with van der Waals surface area (Å²) >= 11 is 1.56. The predicted molar refractivity (Wildman–Crippen MR) is 179 cm³/mol. The Morgan fingerprint density at radius 3 is 2.14 bits per heavy atom. The summed E-state index contributed by atoms with van der Waals surface area (Å²) in [7, 11) is 0. The fourth-order valence-electron chi connectivity index (χ4n) is 5.37. The zero-order chi connectivity index (χ0) is 30.2. The minimum Gasteiger partial charge on any atom is -0.480 e. The van der Waals surface area contributed by atoms with Crippen LogP contribution < -0.4 is 10.2 Å². The number of benzene rings is 5. The Bertz CT molecular complexity index is 1720. The third kappa shape index (κ3) is 7.46. The average Bonchev–Trinajstić information content (AvgIpc) is 3.03. The summed E-state index contributed by atoms with van der Waals surface area (Å²) in [6, 6.07) is 38.2. The van der Waals surface area contributed by atoms with Gasteiger partial charge in [0, 0.05) is 24.3 Å². The number of para-hydroxylation sites is 1. The maximum absolute atomic E-state index is 13.5. The van der Waals surface area contributed by atoms with Gasteiger partial charge in [0.15, 0.2) is 0 Å². The topological polar surface area (TPSA) is 69.6 Å². The summed E-state index contributed by atoms with van der Waals surface area (Å²) in [5.74, 6) is -0.758. The number of fused-ring (bicyclic) bond motifs is 1. The van der Waals surface area contributed by atoms with Crippen molar-refractivity contribution in [3.8, 4) is 11.1 Å². The van der Waals surface area contributed by atoms with E-state index in [4.69, 9.17) is 0 Å². The lowest BCUT2D eigenvalue weighted by Gasteiger charge is -2.26. The van der Waals surface area contributed by atoms with E-state index in [-0.39, 0.29) is 5.91 Å². The van der Waals surface area contributed by atoms with Gasteiger partial charge in [-0.15, -0.1) is 0 Å². The highest BCUT2D eigenvalue weighted by Gasteiger charge is 2.23. The zero-order valence-electron chi connectivity index (χ0n) is 24.5. The number of aliphatic carboxylic acids is 1. The van der Waals surface area contributed by atoms with Crippen LogP contribution in [0.5, 0.6) is 0 Å². The number of nitrogens with one attached hydrogen (secondary N) is 1. The van der Waals surface area contributed by atoms with Gasteiger partial charge in [-0.1, -0.05) is 84.9 Å². The number of rotatable bonds is 12. The Labute approximate surface area is 257 Å². The maximum Gasteiger partial charge on any atom is 0.326 e. The molecule has 0 aliphatic heterocycles. The molecule has 2 N–H and O–H groups in total. The fourth-order valence-corrected chi connectivity index (χ4v) is 5.84. The number of carbonyl (C=O) groups is 2. The highest BCUT2D eigenvalue weighted by molar-refractivity contribution is 7.98. The van der Waals surface area contributed by atoms with Crippen LogP contribution in [-0.2, 0) is 17.9 Å². The predicted octanol–water partition coefficient (Wildman–Crippen LogP) is 7.96. The van der Waals surface area contributed by atoms with Crippen LogP contribution in [0.4, 0.5) is 5.69 Å². The van der Waals surface area contributed by atoms with E-state index in [1.807, 2.05) is 67.8 Å². The van der Waals surface area contributed by atoms with Gasteiger partial charge in [-0.25, -0.2) is 4.79 Å². The molecule has 0 aromatic heterocycles. The third-order valence-corrected chi connectivity index (χ3v) is 8.30.